The number of unbranched alkanes of at least 4 members (excludes halogenated alkanes) is 1. The first-order valence-electron chi connectivity index (χ1n) is 11.3. The van der Waals surface area contributed by atoms with Crippen LogP contribution in [0.1, 0.15) is 78.1 Å². The van der Waals surface area contributed by atoms with Crippen molar-refractivity contribution in [1.82, 2.24) is 4.90 Å². The number of hydrogen-bond donors (Lipinski definition) is 1. The fraction of sp³-hybridized carbons (Fsp3) is 0.875. The summed E-state index contributed by atoms with van der Waals surface area (Å²) in [5.74, 6) is 9.38. The second-order valence-electron chi connectivity index (χ2n) is 10.4. The summed E-state index contributed by atoms with van der Waals surface area (Å²) >= 11 is 5.78. The largest absolute Gasteiger partial charge is 0.377 e. The minimum absolute atomic E-state index is 0.0955. The Morgan fingerprint density at radius 1 is 1.14 bits per heavy atom. The molecule has 0 radical (unpaired) electrons. The van der Waals surface area contributed by atoms with Crippen LogP contribution in [-0.4, -0.2) is 40.5 Å². The Bertz CT molecular complexity index is 698. The van der Waals surface area contributed by atoms with Gasteiger partial charge in [0.05, 0.1) is 0 Å². The van der Waals surface area contributed by atoms with Crippen molar-refractivity contribution in [3.05, 3.63) is 0 Å². The maximum Gasteiger partial charge on any atom is 0.222 e. The molecule has 0 aromatic heterocycles. The second-order valence-corrected chi connectivity index (χ2v) is 10.8. The number of piperidine rings is 1. The van der Waals surface area contributed by atoms with E-state index < -0.39 is 5.60 Å². The minimum atomic E-state index is -0.841. The molecule has 3 aliphatic carbocycles. The van der Waals surface area contributed by atoms with Crippen LogP contribution < -0.4 is 0 Å². The smallest absolute Gasteiger partial charge is 0.222 e. The lowest BCUT2D eigenvalue weighted by molar-refractivity contribution is -0.163. The SMILES string of the molecule is CN1C(=O)CC[C@]2(C)[C@H]3CC[C@@]4(C)[C@@H](CC[C@@]4(O)C#CCCCCl)[C@@H]3CC[C@@H]12. The number of amides is 1. The highest BCUT2D eigenvalue weighted by molar-refractivity contribution is 6.17. The second kappa shape index (κ2) is 7.21. The van der Waals surface area contributed by atoms with Crippen molar-refractivity contribution in [3.8, 4) is 11.8 Å². The minimum Gasteiger partial charge on any atom is -0.377 e. The normalized spacial score (nSPS) is 47.6. The van der Waals surface area contributed by atoms with E-state index in [0.29, 0.717) is 42.0 Å². The van der Waals surface area contributed by atoms with E-state index in [1.807, 2.05) is 7.05 Å². The third kappa shape index (κ3) is 2.85. The number of rotatable bonds is 2. The Labute approximate surface area is 175 Å². The van der Waals surface area contributed by atoms with E-state index in [9.17, 15) is 9.90 Å². The summed E-state index contributed by atoms with van der Waals surface area (Å²) in [6, 6.07) is 0.398. The van der Waals surface area contributed by atoms with Gasteiger partial charge in [0.1, 0.15) is 5.60 Å². The Morgan fingerprint density at radius 2 is 1.89 bits per heavy atom. The lowest BCUT2D eigenvalue weighted by Crippen LogP contribution is -2.62. The molecule has 0 bridgehead atoms. The molecule has 7 atom stereocenters. The molecule has 1 aliphatic heterocycles. The number of halogens is 1. The summed E-state index contributed by atoms with van der Waals surface area (Å²) in [7, 11) is 2.02. The topological polar surface area (TPSA) is 40.5 Å². The van der Waals surface area contributed by atoms with E-state index in [0.717, 1.165) is 44.9 Å². The summed E-state index contributed by atoms with van der Waals surface area (Å²) < 4.78 is 0. The number of fused-ring (bicyclic) bond motifs is 5. The maximum absolute atomic E-state index is 12.3. The molecule has 1 heterocycles. The zero-order chi connectivity index (χ0) is 20.2. The maximum atomic E-state index is 12.3. The van der Waals surface area contributed by atoms with Crippen LogP contribution in [0.3, 0.4) is 0 Å². The Balaban J connectivity index is 1.58. The van der Waals surface area contributed by atoms with Gasteiger partial charge in [-0.15, -0.1) is 17.5 Å². The van der Waals surface area contributed by atoms with Gasteiger partial charge in [-0.2, -0.15) is 0 Å². The molecule has 4 fully saturated rings. The molecule has 0 spiro atoms. The average Bonchev–Trinajstić information content (AvgIpc) is 2.94. The molecular formula is C24H36ClNO2. The fourth-order valence-electron chi connectivity index (χ4n) is 7.74. The van der Waals surface area contributed by atoms with Crippen LogP contribution in [0.25, 0.3) is 0 Å². The molecule has 3 nitrogen and oxygen atoms in total. The van der Waals surface area contributed by atoms with E-state index >= 15 is 0 Å². The Kier molecular flexibility index (Phi) is 5.29. The predicted molar refractivity (Wildman–Crippen MR) is 113 cm³/mol. The van der Waals surface area contributed by atoms with E-state index in [-0.39, 0.29) is 10.8 Å². The first kappa shape index (κ1) is 20.5. The third-order valence-electron chi connectivity index (χ3n) is 9.44. The van der Waals surface area contributed by atoms with E-state index in [2.05, 4.69) is 30.6 Å². The molecule has 156 valence electrons. The summed E-state index contributed by atoms with van der Waals surface area (Å²) in [5.41, 5.74) is -0.701. The van der Waals surface area contributed by atoms with Gasteiger partial charge in [-0.1, -0.05) is 19.8 Å². The van der Waals surface area contributed by atoms with Crippen molar-refractivity contribution in [2.24, 2.45) is 28.6 Å². The van der Waals surface area contributed by atoms with Crippen LogP contribution in [-0.2, 0) is 4.79 Å². The first-order chi connectivity index (χ1) is 13.3. The molecule has 1 N–H and O–H groups in total. The number of carbonyl (C=O) groups excluding carboxylic acids is 1. The van der Waals surface area contributed by atoms with Gasteiger partial charge in [0.2, 0.25) is 5.91 Å². The van der Waals surface area contributed by atoms with Crippen molar-refractivity contribution in [3.63, 3.8) is 0 Å². The van der Waals surface area contributed by atoms with E-state index in [1.165, 1.54) is 12.8 Å². The number of nitrogens with zero attached hydrogens (tertiary/aromatic N) is 1. The van der Waals surface area contributed by atoms with Crippen molar-refractivity contribution in [2.45, 2.75) is 89.7 Å². The van der Waals surface area contributed by atoms with E-state index in [1.54, 1.807) is 0 Å². The molecule has 28 heavy (non-hydrogen) atoms. The summed E-state index contributed by atoms with van der Waals surface area (Å²) in [5, 5.41) is 11.5. The fourth-order valence-corrected chi connectivity index (χ4v) is 7.87. The van der Waals surface area contributed by atoms with Crippen molar-refractivity contribution in [2.75, 3.05) is 12.9 Å². The zero-order valence-corrected chi connectivity index (χ0v) is 18.5. The lowest BCUT2D eigenvalue weighted by Gasteiger charge is -2.62. The van der Waals surface area contributed by atoms with Crippen LogP contribution in [0.5, 0.6) is 0 Å². The van der Waals surface area contributed by atoms with E-state index in [4.69, 9.17) is 11.6 Å². The quantitative estimate of drug-likeness (QED) is 0.414. The predicted octanol–water partition coefficient (Wildman–Crippen LogP) is 4.60. The molecular weight excluding hydrogens is 370 g/mol. The van der Waals surface area contributed by atoms with Crippen LogP contribution >= 0.6 is 11.6 Å². The number of alkyl halides is 1. The third-order valence-corrected chi connectivity index (χ3v) is 9.71. The molecule has 4 aliphatic rings. The zero-order valence-electron chi connectivity index (χ0n) is 17.8. The number of likely N-dealkylation sites (tertiary alicyclic amines) is 1. The number of aliphatic hydroxyl groups is 1. The van der Waals surface area contributed by atoms with Crippen LogP contribution in [0.4, 0.5) is 0 Å². The highest BCUT2D eigenvalue weighted by atomic mass is 35.5. The molecule has 4 heteroatoms. The monoisotopic (exact) mass is 405 g/mol. The van der Waals surface area contributed by atoms with Crippen LogP contribution in [0.2, 0.25) is 0 Å². The summed E-state index contributed by atoms with van der Waals surface area (Å²) in [6.45, 7) is 4.76. The van der Waals surface area contributed by atoms with Gasteiger partial charge in [-0.25, -0.2) is 0 Å². The van der Waals surface area contributed by atoms with Gasteiger partial charge in [0.25, 0.3) is 0 Å². The number of carbonyl (C=O) groups is 1. The van der Waals surface area contributed by atoms with Crippen molar-refractivity contribution >= 4 is 17.5 Å². The van der Waals surface area contributed by atoms with Gasteiger partial charge in [0, 0.05) is 37.2 Å². The molecule has 1 saturated heterocycles. The van der Waals surface area contributed by atoms with Crippen LogP contribution in [0, 0.1) is 40.4 Å². The van der Waals surface area contributed by atoms with Gasteiger partial charge in [0.15, 0.2) is 0 Å². The Morgan fingerprint density at radius 3 is 2.64 bits per heavy atom. The van der Waals surface area contributed by atoms with Gasteiger partial charge >= 0.3 is 0 Å². The van der Waals surface area contributed by atoms with Crippen LogP contribution in [0.15, 0.2) is 0 Å². The molecule has 3 saturated carbocycles. The summed E-state index contributed by atoms with van der Waals surface area (Å²) in [6.07, 6.45) is 9.83. The molecule has 0 unspecified atom stereocenters. The average molecular weight is 406 g/mol. The molecule has 0 aromatic rings. The molecule has 4 rings (SSSR count). The lowest BCUT2D eigenvalue weighted by atomic mass is 9.46. The van der Waals surface area contributed by atoms with Gasteiger partial charge in [-0.3, -0.25) is 4.79 Å². The van der Waals surface area contributed by atoms with Crippen molar-refractivity contribution < 1.29 is 9.90 Å². The first-order valence-corrected chi connectivity index (χ1v) is 11.8. The Hall–Kier alpha value is -0.720. The molecule has 0 aromatic carbocycles. The van der Waals surface area contributed by atoms with Gasteiger partial charge in [-0.05, 0) is 74.5 Å². The highest BCUT2D eigenvalue weighted by Gasteiger charge is 2.64. The van der Waals surface area contributed by atoms with Gasteiger partial charge < -0.3 is 10.0 Å². The highest BCUT2D eigenvalue weighted by Crippen LogP contribution is 2.66. The standard InChI is InChI=1S/C24H36ClNO2/c1-22-13-11-21(27)26(3)20(22)8-7-17-18(22)9-14-23(2)19(17)10-15-24(23,28)12-5-4-6-16-25/h17-20,28H,4,6-11,13-16H2,1-3H3/t17-,18+,19+,20-,22-,23+,24+/m1/s1. The molecule has 1 amide bonds. The van der Waals surface area contributed by atoms with Crippen molar-refractivity contribution in [1.29, 1.82) is 0 Å². The number of hydrogen-bond acceptors (Lipinski definition) is 2. The summed E-state index contributed by atoms with van der Waals surface area (Å²) in [4.78, 5) is 14.3.